The van der Waals surface area contributed by atoms with Crippen LogP contribution in [0.4, 0.5) is 0 Å². The van der Waals surface area contributed by atoms with E-state index in [2.05, 4.69) is 26.0 Å². The van der Waals surface area contributed by atoms with Crippen molar-refractivity contribution in [1.29, 1.82) is 0 Å². The van der Waals surface area contributed by atoms with E-state index in [4.69, 9.17) is 9.52 Å². The number of furan rings is 1. The summed E-state index contributed by atoms with van der Waals surface area (Å²) in [7, 11) is 0. The van der Waals surface area contributed by atoms with Crippen LogP contribution in [0.1, 0.15) is 71.3 Å². The molecule has 0 aliphatic heterocycles. The molecule has 0 aliphatic rings. The minimum atomic E-state index is -0.690. The van der Waals surface area contributed by atoms with Gasteiger partial charge in [0.15, 0.2) is 0 Å². The van der Waals surface area contributed by atoms with Crippen molar-refractivity contribution in [3.8, 4) is 0 Å². The lowest BCUT2D eigenvalue weighted by Gasteiger charge is -2.08. The largest absolute Gasteiger partial charge is 0.481 e. The van der Waals surface area contributed by atoms with Crippen molar-refractivity contribution < 1.29 is 14.3 Å². The number of carbonyl (C=O) groups is 1. The van der Waals surface area contributed by atoms with Gasteiger partial charge in [0.2, 0.25) is 0 Å². The zero-order chi connectivity index (χ0) is 17.8. The molecule has 0 aliphatic carbocycles. The molecule has 0 aromatic carbocycles. The lowest BCUT2D eigenvalue weighted by molar-refractivity contribution is -0.138. The van der Waals surface area contributed by atoms with Crippen molar-refractivity contribution in [3.63, 3.8) is 0 Å². The third-order valence-electron chi connectivity index (χ3n) is 4.33. The molecule has 1 unspecified atom stereocenters. The van der Waals surface area contributed by atoms with Gasteiger partial charge in [-0.15, -0.1) is 0 Å². The van der Waals surface area contributed by atoms with Crippen LogP contribution in [0.3, 0.4) is 0 Å². The molecule has 1 rings (SSSR count). The maximum Gasteiger partial charge on any atom is 0.303 e. The van der Waals surface area contributed by atoms with Crippen LogP contribution >= 0.6 is 0 Å². The van der Waals surface area contributed by atoms with E-state index in [1.165, 1.54) is 16.7 Å². The summed E-state index contributed by atoms with van der Waals surface area (Å²) in [6.45, 7) is 6.40. The van der Waals surface area contributed by atoms with Gasteiger partial charge in [0.25, 0.3) is 0 Å². The van der Waals surface area contributed by atoms with Gasteiger partial charge < -0.3 is 9.52 Å². The van der Waals surface area contributed by atoms with Gasteiger partial charge in [0.05, 0.1) is 12.5 Å². The highest BCUT2D eigenvalue weighted by Crippen LogP contribution is 2.16. The van der Waals surface area contributed by atoms with Crippen molar-refractivity contribution >= 4 is 5.97 Å². The van der Waals surface area contributed by atoms with Gasteiger partial charge in [-0.25, -0.2) is 0 Å². The highest BCUT2D eigenvalue weighted by molar-refractivity contribution is 5.66. The fourth-order valence-corrected chi connectivity index (χ4v) is 2.80. The number of hydrogen-bond donors (Lipinski definition) is 1. The smallest absolute Gasteiger partial charge is 0.303 e. The average Bonchev–Trinajstić information content (AvgIpc) is 2.99. The van der Waals surface area contributed by atoms with Crippen LogP contribution in [-0.4, -0.2) is 11.1 Å². The average molecular weight is 332 g/mol. The van der Waals surface area contributed by atoms with E-state index < -0.39 is 5.97 Å². The molecule has 1 aromatic heterocycles. The van der Waals surface area contributed by atoms with E-state index in [0.717, 1.165) is 44.9 Å². The van der Waals surface area contributed by atoms with Crippen LogP contribution in [-0.2, 0) is 11.2 Å². The summed E-state index contributed by atoms with van der Waals surface area (Å²) in [5.74, 6) is -0.416. The van der Waals surface area contributed by atoms with Crippen molar-refractivity contribution in [3.05, 3.63) is 47.5 Å². The van der Waals surface area contributed by atoms with E-state index in [9.17, 15) is 4.79 Å². The Bertz CT molecular complexity index is 523. The highest BCUT2D eigenvalue weighted by atomic mass is 16.4. The Kier molecular flexibility index (Phi) is 9.90. The zero-order valence-electron chi connectivity index (χ0n) is 15.4. The fraction of sp³-hybridized carbons (Fsp3) is 0.571. The van der Waals surface area contributed by atoms with Crippen molar-refractivity contribution in [2.75, 3.05) is 0 Å². The Morgan fingerprint density at radius 3 is 2.58 bits per heavy atom. The van der Waals surface area contributed by atoms with Crippen LogP contribution in [0.5, 0.6) is 0 Å². The predicted octanol–water partition coefficient (Wildman–Crippen LogP) is 6.17. The predicted molar refractivity (Wildman–Crippen MR) is 99.0 cm³/mol. The Labute approximate surface area is 146 Å². The van der Waals surface area contributed by atoms with Gasteiger partial charge in [0.1, 0.15) is 0 Å². The van der Waals surface area contributed by atoms with Gasteiger partial charge >= 0.3 is 5.97 Å². The van der Waals surface area contributed by atoms with Gasteiger partial charge in [-0.3, -0.25) is 4.79 Å². The molecule has 3 nitrogen and oxygen atoms in total. The summed E-state index contributed by atoms with van der Waals surface area (Å²) >= 11 is 0. The Balaban J connectivity index is 2.14. The number of carboxylic acid groups (broad SMARTS) is 1. The van der Waals surface area contributed by atoms with Crippen LogP contribution < -0.4 is 0 Å². The lowest BCUT2D eigenvalue weighted by Crippen LogP contribution is -2.03. The van der Waals surface area contributed by atoms with Gasteiger partial charge in [-0.05, 0) is 76.3 Å². The summed E-state index contributed by atoms with van der Waals surface area (Å²) < 4.78 is 5.07. The number of aryl methyl sites for hydroxylation is 1. The third-order valence-corrected chi connectivity index (χ3v) is 4.33. The van der Waals surface area contributed by atoms with Gasteiger partial charge in [-0.2, -0.15) is 0 Å². The number of aliphatic carboxylic acids is 1. The zero-order valence-corrected chi connectivity index (χ0v) is 15.4. The number of allylic oxidation sites excluding steroid dienone is 4. The second kappa shape index (κ2) is 11.7. The first-order valence-corrected chi connectivity index (χ1v) is 9.01. The normalized spacial score (nSPS) is 14.0. The van der Waals surface area contributed by atoms with Crippen molar-refractivity contribution in [2.45, 2.75) is 72.1 Å². The van der Waals surface area contributed by atoms with Crippen molar-refractivity contribution in [1.82, 2.24) is 0 Å². The monoisotopic (exact) mass is 332 g/mol. The molecule has 1 heterocycles. The third kappa shape index (κ3) is 10.1. The first-order valence-electron chi connectivity index (χ1n) is 9.01. The second-order valence-corrected chi connectivity index (χ2v) is 6.91. The Morgan fingerprint density at radius 1 is 1.21 bits per heavy atom. The van der Waals surface area contributed by atoms with Crippen LogP contribution in [0.15, 0.2) is 46.3 Å². The molecule has 0 fully saturated rings. The van der Waals surface area contributed by atoms with Crippen LogP contribution in [0.2, 0.25) is 0 Å². The molecule has 0 spiro atoms. The quantitative estimate of drug-likeness (QED) is 0.466. The van der Waals surface area contributed by atoms with E-state index in [0.29, 0.717) is 0 Å². The molecule has 3 heteroatoms. The SMILES string of the molecule is C/C(=C/CCc1ccoc1)CC/C=C(/C)CCCC(C)CC(=O)O. The standard InChI is InChI=1S/C21H32O3/c1-17(9-5-11-19(3)15-21(22)23)7-4-8-18(2)10-6-12-20-13-14-24-16-20/h7,10,13-14,16,19H,4-6,8-9,11-12,15H2,1-3H3,(H,22,23)/b17-7-,18-10-. The summed E-state index contributed by atoms with van der Waals surface area (Å²) in [6, 6.07) is 2.02. The van der Waals surface area contributed by atoms with E-state index in [-0.39, 0.29) is 12.3 Å². The molecular weight excluding hydrogens is 300 g/mol. The molecule has 0 bridgehead atoms. The highest BCUT2D eigenvalue weighted by Gasteiger charge is 2.06. The van der Waals surface area contributed by atoms with Crippen LogP contribution in [0, 0.1) is 5.92 Å². The van der Waals surface area contributed by atoms with E-state index in [1.807, 2.05) is 19.3 Å². The molecule has 24 heavy (non-hydrogen) atoms. The maximum atomic E-state index is 10.6. The summed E-state index contributed by atoms with van der Waals surface area (Å²) in [4.78, 5) is 10.6. The van der Waals surface area contributed by atoms with Gasteiger partial charge in [-0.1, -0.05) is 30.2 Å². The topological polar surface area (TPSA) is 50.4 Å². The molecule has 0 amide bonds. The molecular formula is C21H32O3. The Morgan fingerprint density at radius 2 is 1.92 bits per heavy atom. The van der Waals surface area contributed by atoms with E-state index >= 15 is 0 Å². The molecule has 134 valence electrons. The first-order chi connectivity index (χ1) is 11.5. The minimum Gasteiger partial charge on any atom is -0.481 e. The number of rotatable bonds is 12. The van der Waals surface area contributed by atoms with Gasteiger partial charge in [0, 0.05) is 6.42 Å². The first kappa shape index (κ1) is 20.3. The number of hydrogen-bond acceptors (Lipinski definition) is 2. The molecule has 0 saturated heterocycles. The summed E-state index contributed by atoms with van der Waals surface area (Å²) in [5, 5.41) is 8.75. The molecule has 1 aromatic rings. The number of carboxylic acids is 1. The summed E-state index contributed by atoms with van der Waals surface area (Å²) in [5.41, 5.74) is 4.12. The van der Waals surface area contributed by atoms with Crippen LogP contribution in [0.25, 0.3) is 0 Å². The Hall–Kier alpha value is -1.77. The fourth-order valence-electron chi connectivity index (χ4n) is 2.80. The molecule has 0 radical (unpaired) electrons. The van der Waals surface area contributed by atoms with E-state index in [1.54, 1.807) is 6.26 Å². The molecule has 0 saturated carbocycles. The second-order valence-electron chi connectivity index (χ2n) is 6.91. The minimum absolute atomic E-state index is 0.274. The van der Waals surface area contributed by atoms with Crippen molar-refractivity contribution in [2.24, 2.45) is 5.92 Å². The lowest BCUT2D eigenvalue weighted by atomic mass is 9.98. The maximum absolute atomic E-state index is 10.6. The molecule has 1 N–H and O–H groups in total. The molecule has 1 atom stereocenters. The summed E-state index contributed by atoms with van der Waals surface area (Å²) in [6.07, 6.45) is 15.9.